The fourth-order valence-corrected chi connectivity index (χ4v) is 5.71. The van der Waals surface area contributed by atoms with Crippen molar-refractivity contribution in [2.75, 3.05) is 31.0 Å². The van der Waals surface area contributed by atoms with Gasteiger partial charge in [-0.2, -0.15) is 0 Å². The molecule has 44 heavy (non-hydrogen) atoms. The molecule has 10 nitrogen and oxygen atoms in total. The van der Waals surface area contributed by atoms with Crippen molar-refractivity contribution in [1.29, 1.82) is 0 Å². The molecule has 4 aromatic rings. The van der Waals surface area contributed by atoms with Crippen LogP contribution in [0, 0.1) is 0 Å². The first kappa shape index (κ1) is 30.7. The van der Waals surface area contributed by atoms with Crippen LogP contribution in [0.5, 0.6) is 11.5 Å². The van der Waals surface area contributed by atoms with Gasteiger partial charge in [0, 0.05) is 22.0 Å². The van der Waals surface area contributed by atoms with E-state index in [2.05, 4.69) is 5.32 Å². The zero-order valence-electron chi connectivity index (χ0n) is 24.4. The number of aromatic nitrogens is 1. The number of fused-ring (bicyclic) bond motifs is 1. The Bertz CT molecular complexity index is 1750. The van der Waals surface area contributed by atoms with Gasteiger partial charge in [0.15, 0.2) is 0 Å². The predicted octanol–water partition coefficient (Wildman–Crippen LogP) is 5.46. The lowest BCUT2D eigenvalue weighted by molar-refractivity contribution is -0.143. The van der Waals surface area contributed by atoms with E-state index in [0.29, 0.717) is 38.6 Å². The number of halogens is 1. The Kier molecular flexibility index (Phi) is 8.70. The molecule has 0 radical (unpaired) electrons. The Morgan fingerprint density at radius 2 is 1.75 bits per heavy atom. The molecule has 1 aromatic heterocycles. The first-order chi connectivity index (χ1) is 21.0. The smallest absolute Gasteiger partial charge is 0.299 e. The maximum Gasteiger partial charge on any atom is 0.299 e. The number of thiazole rings is 1. The number of hydrogen-bond donors (Lipinski definition) is 1. The average molecular weight is 633 g/mol. The molecular formula is C32H29ClN4O6S. The van der Waals surface area contributed by atoms with Crippen LogP contribution in [0.25, 0.3) is 11.3 Å². The van der Waals surface area contributed by atoms with Gasteiger partial charge in [0.1, 0.15) is 28.6 Å². The van der Waals surface area contributed by atoms with Crippen molar-refractivity contribution in [2.24, 2.45) is 0 Å². The molecule has 0 saturated heterocycles. The van der Waals surface area contributed by atoms with Gasteiger partial charge in [0.25, 0.3) is 11.7 Å². The van der Waals surface area contributed by atoms with E-state index < -0.39 is 35.6 Å². The first-order valence-corrected chi connectivity index (χ1v) is 14.8. The van der Waals surface area contributed by atoms with E-state index in [4.69, 9.17) is 26.1 Å². The van der Waals surface area contributed by atoms with Crippen molar-refractivity contribution in [1.82, 2.24) is 9.88 Å². The standard InChI is InChI=1S/C32H29ClN4O6S/c1-32(2,31(41)35-23-14-13-21(42-3)15-26(23)43-4)37(16-27-34-24(18-44-27)19-9-11-20(33)12-10-19)28(38)17-36-25-8-6-5-7-22(25)29(39)30(36)40/h5-15,18H,16-17H2,1-4H3,(H,35,41). The largest absolute Gasteiger partial charge is 0.497 e. The number of Topliss-reactive ketones (excluding diaryl/α,β-unsaturated/α-hetero) is 1. The van der Waals surface area contributed by atoms with Crippen molar-refractivity contribution in [3.63, 3.8) is 0 Å². The summed E-state index contributed by atoms with van der Waals surface area (Å²) in [6.45, 7) is 2.73. The topological polar surface area (TPSA) is 118 Å². The van der Waals surface area contributed by atoms with Gasteiger partial charge in [-0.25, -0.2) is 4.98 Å². The normalized spacial score (nSPS) is 12.6. The minimum atomic E-state index is -1.44. The van der Waals surface area contributed by atoms with Crippen LogP contribution >= 0.6 is 22.9 Å². The lowest BCUT2D eigenvalue weighted by atomic mass is 10.0. The van der Waals surface area contributed by atoms with E-state index in [9.17, 15) is 19.2 Å². The molecule has 0 spiro atoms. The average Bonchev–Trinajstić information content (AvgIpc) is 3.59. The number of benzene rings is 3. The van der Waals surface area contributed by atoms with Crippen LogP contribution in [0.1, 0.15) is 29.2 Å². The van der Waals surface area contributed by atoms with Gasteiger partial charge in [-0.3, -0.25) is 24.1 Å². The summed E-state index contributed by atoms with van der Waals surface area (Å²) in [4.78, 5) is 60.6. The lowest BCUT2D eigenvalue weighted by Crippen LogP contribution is -2.57. The number of para-hydroxylation sites is 1. The van der Waals surface area contributed by atoms with Crippen LogP contribution in [0.3, 0.4) is 0 Å². The number of rotatable bonds is 10. The second kappa shape index (κ2) is 12.5. The van der Waals surface area contributed by atoms with E-state index in [1.165, 1.54) is 30.5 Å². The molecule has 3 aromatic carbocycles. The maximum atomic E-state index is 14.1. The number of ketones is 1. The van der Waals surface area contributed by atoms with Crippen molar-refractivity contribution in [3.8, 4) is 22.8 Å². The molecule has 0 bridgehead atoms. The summed E-state index contributed by atoms with van der Waals surface area (Å²) in [5, 5.41) is 5.88. The highest BCUT2D eigenvalue weighted by Crippen LogP contribution is 2.33. The molecule has 3 amide bonds. The Hall–Kier alpha value is -4.74. The number of nitrogens with one attached hydrogen (secondary N) is 1. The van der Waals surface area contributed by atoms with Crippen molar-refractivity contribution >= 4 is 57.8 Å². The number of hydrogen-bond acceptors (Lipinski definition) is 8. The summed E-state index contributed by atoms with van der Waals surface area (Å²) in [5.74, 6) is -1.63. The molecule has 0 unspecified atom stereocenters. The van der Waals surface area contributed by atoms with Gasteiger partial charge in [-0.05, 0) is 50.2 Å². The SMILES string of the molecule is COc1ccc(NC(=O)C(C)(C)N(Cc2nc(-c3ccc(Cl)cc3)cs2)C(=O)CN2C(=O)C(=O)c3ccccc32)c(OC)c1. The summed E-state index contributed by atoms with van der Waals surface area (Å²) in [6, 6.07) is 18.7. The third kappa shape index (κ3) is 6.01. The van der Waals surface area contributed by atoms with Crippen molar-refractivity contribution in [2.45, 2.75) is 25.9 Å². The molecule has 1 N–H and O–H groups in total. The molecule has 1 aliphatic heterocycles. The quantitative estimate of drug-likeness (QED) is 0.231. The van der Waals surface area contributed by atoms with Gasteiger partial charge in [-0.1, -0.05) is 35.9 Å². The Morgan fingerprint density at radius 1 is 1.02 bits per heavy atom. The monoisotopic (exact) mass is 632 g/mol. The van der Waals surface area contributed by atoms with E-state index in [0.717, 1.165) is 10.5 Å². The summed E-state index contributed by atoms with van der Waals surface area (Å²) in [5.41, 5.74) is 1.05. The molecule has 0 fully saturated rings. The molecule has 0 saturated carbocycles. The molecule has 0 atom stereocenters. The van der Waals surface area contributed by atoms with Gasteiger partial charge in [0.2, 0.25) is 11.8 Å². The Morgan fingerprint density at radius 3 is 2.45 bits per heavy atom. The third-order valence-electron chi connectivity index (χ3n) is 7.35. The zero-order valence-corrected chi connectivity index (χ0v) is 26.0. The van der Waals surface area contributed by atoms with E-state index in [1.807, 2.05) is 17.5 Å². The molecule has 226 valence electrons. The maximum absolute atomic E-state index is 14.1. The highest BCUT2D eigenvalue weighted by Gasteiger charge is 2.42. The number of carbonyl (C=O) groups is 4. The summed E-state index contributed by atoms with van der Waals surface area (Å²) < 4.78 is 10.7. The number of methoxy groups -OCH3 is 2. The minimum absolute atomic E-state index is 0.0329. The van der Waals surface area contributed by atoms with E-state index in [-0.39, 0.29) is 12.1 Å². The summed E-state index contributed by atoms with van der Waals surface area (Å²) in [7, 11) is 2.99. The molecular weight excluding hydrogens is 604 g/mol. The zero-order chi connectivity index (χ0) is 31.6. The van der Waals surface area contributed by atoms with Crippen LogP contribution in [-0.2, 0) is 20.9 Å². The number of ether oxygens (including phenoxy) is 2. The third-order valence-corrected chi connectivity index (χ3v) is 8.43. The molecule has 1 aliphatic rings. The van der Waals surface area contributed by atoms with E-state index >= 15 is 0 Å². The van der Waals surface area contributed by atoms with E-state index in [1.54, 1.807) is 68.4 Å². The van der Waals surface area contributed by atoms with Gasteiger partial charge >= 0.3 is 0 Å². The Labute approximate surface area is 263 Å². The number of nitrogens with zero attached hydrogens (tertiary/aromatic N) is 3. The van der Waals surface area contributed by atoms with Crippen LogP contribution in [0.4, 0.5) is 11.4 Å². The second-order valence-electron chi connectivity index (χ2n) is 10.4. The molecule has 12 heteroatoms. The number of amides is 3. The second-order valence-corrected chi connectivity index (χ2v) is 11.8. The van der Waals surface area contributed by atoms with Gasteiger partial charge in [0.05, 0.1) is 43.4 Å². The van der Waals surface area contributed by atoms with Crippen LogP contribution in [0.15, 0.2) is 72.1 Å². The number of anilines is 2. The summed E-state index contributed by atoms with van der Waals surface area (Å²) >= 11 is 7.37. The fraction of sp³-hybridized carbons (Fsp3) is 0.219. The first-order valence-electron chi connectivity index (χ1n) is 13.5. The lowest BCUT2D eigenvalue weighted by Gasteiger charge is -2.37. The minimum Gasteiger partial charge on any atom is -0.497 e. The van der Waals surface area contributed by atoms with Gasteiger partial charge in [-0.15, -0.1) is 11.3 Å². The van der Waals surface area contributed by atoms with Gasteiger partial charge < -0.3 is 19.7 Å². The van der Waals surface area contributed by atoms with Crippen LogP contribution < -0.4 is 19.7 Å². The number of carbonyl (C=O) groups excluding carboxylic acids is 4. The molecule has 5 rings (SSSR count). The highest BCUT2D eigenvalue weighted by molar-refractivity contribution is 7.09. The molecule has 0 aliphatic carbocycles. The summed E-state index contributed by atoms with van der Waals surface area (Å²) in [6.07, 6.45) is 0. The fourth-order valence-electron chi connectivity index (χ4n) is 4.79. The Balaban J connectivity index is 1.46. The van der Waals surface area contributed by atoms with Crippen molar-refractivity contribution < 1.29 is 28.7 Å². The van der Waals surface area contributed by atoms with Crippen LogP contribution in [-0.4, -0.2) is 59.7 Å². The highest BCUT2D eigenvalue weighted by atomic mass is 35.5. The predicted molar refractivity (Wildman–Crippen MR) is 168 cm³/mol. The molecule has 2 heterocycles. The van der Waals surface area contributed by atoms with Crippen molar-refractivity contribution in [3.05, 3.63) is 87.7 Å². The van der Waals surface area contributed by atoms with Crippen LogP contribution in [0.2, 0.25) is 5.02 Å².